The molecule has 0 aliphatic carbocycles. The van der Waals surface area contributed by atoms with Gasteiger partial charge >= 0.3 is 5.97 Å². The summed E-state index contributed by atoms with van der Waals surface area (Å²) in [5, 5.41) is 5.70. The van der Waals surface area contributed by atoms with E-state index in [1.54, 1.807) is 48.5 Å². The van der Waals surface area contributed by atoms with Crippen LogP contribution in [-0.4, -0.2) is 24.4 Å². The van der Waals surface area contributed by atoms with Gasteiger partial charge in [-0.2, -0.15) is 0 Å². The number of halogens is 1. The maximum absolute atomic E-state index is 11.9. The number of rotatable bonds is 6. The first kappa shape index (κ1) is 19.2. The average Bonchev–Trinajstić information content (AvgIpc) is 2.59. The molecule has 2 aromatic rings. The van der Waals surface area contributed by atoms with E-state index in [9.17, 15) is 14.4 Å². The quantitative estimate of drug-likeness (QED) is 0.600. The Labute approximate surface area is 155 Å². The number of nitrogens with one attached hydrogen (secondary N) is 2. The summed E-state index contributed by atoms with van der Waals surface area (Å²) in [4.78, 5) is 34.6. The summed E-state index contributed by atoms with van der Waals surface area (Å²) in [6.07, 6.45) is 2.71. The Morgan fingerprint density at radius 1 is 1.04 bits per heavy atom. The number of hydrogen-bond acceptors (Lipinski definition) is 4. The molecule has 0 atom stereocenters. The van der Waals surface area contributed by atoms with Gasteiger partial charge < -0.3 is 15.4 Å². The lowest BCUT2D eigenvalue weighted by Crippen LogP contribution is -2.20. The van der Waals surface area contributed by atoms with Crippen LogP contribution >= 0.6 is 11.6 Å². The summed E-state index contributed by atoms with van der Waals surface area (Å²) in [7, 11) is 0. The van der Waals surface area contributed by atoms with Crippen LogP contribution in [0.15, 0.2) is 54.6 Å². The molecule has 0 bridgehead atoms. The fourth-order valence-corrected chi connectivity index (χ4v) is 2.23. The van der Waals surface area contributed by atoms with Crippen LogP contribution in [0.5, 0.6) is 0 Å². The zero-order chi connectivity index (χ0) is 18.9. The predicted octanol–water partition coefficient (Wildman–Crippen LogP) is 3.49. The van der Waals surface area contributed by atoms with Gasteiger partial charge in [0.15, 0.2) is 6.61 Å². The van der Waals surface area contributed by atoms with Crippen molar-refractivity contribution in [3.63, 3.8) is 0 Å². The molecule has 2 rings (SSSR count). The summed E-state index contributed by atoms with van der Waals surface area (Å²) in [6, 6.07) is 13.6. The number of carbonyl (C=O) groups is 3. The monoisotopic (exact) mass is 372 g/mol. The first-order valence-electron chi connectivity index (χ1n) is 7.71. The standard InChI is InChI=1S/C19H17ClN2O4/c1-13(23)21-15-6-4-7-16(11-15)22-18(24)12-26-19(25)10-9-14-5-2-3-8-17(14)20/h2-11H,12H2,1H3,(H,21,23)(H,22,24)/b10-9+. The summed E-state index contributed by atoms with van der Waals surface area (Å²) >= 11 is 5.98. The fraction of sp³-hybridized carbons (Fsp3) is 0.105. The zero-order valence-electron chi connectivity index (χ0n) is 14.0. The third-order valence-electron chi connectivity index (χ3n) is 3.12. The largest absolute Gasteiger partial charge is 0.452 e. The number of benzene rings is 2. The second kappa shape index (κ2) is 9.39. The van der Waals surface area contributed by atoms with Crippen molar-refractivity contribution in [2.75, 3.05) is 17.2 Å². The number of hydrogen-bond donors (Lipinski definition) is 2. The third kappa shape index (κ3) is 6.41. The van der Waals surface area contributed by atoms with Crippen molar-refractivity contribution < 1.29 is 19.1 Å². The Bertz CT molecular complexity index is 849. The first-order valence-corrected chi connectivity index (χ1v) is 8.09. The van der Waals surface area contributed by atoms with E-state index in [4.69, 9.17) is 16.3 Å². The van der Waals surface area contributed by atoms with Crippen molar-refractivity contribution >= 4 is 46.8 Å². The van der Waals surface area contributed by atoms with E-state index in [1.807, 2.05) is 0 Å². The summed E-state index contributed by atoms with van der Waals surface area (Å²) in [6.45, 7) is 0.955. The van der Waals surface area contributed by atoms with Crippen molar-refractivity contribution in [3.05, 3.63) is 65.2 Å². The Hall–Kier alpha value is -3.12. The summed E-state index contributed by atoms with van der Waals surface area (Å²) < 4.78 is 4.88. The van der Waals surface area contributed by atoms with Crippen LogP contribution in [0.1, 0.15) is 12.5 Å². The topological polar surface area (TPSA) is 84.5 Å². The minimum Gasteiger partial charge on any atom is -0.452 e. The SMILES string of the molecule is CC(=O)Nc1cccc(NC(=O)COC(=O)/C=C/c2ccccc2Cl)c1. The van der Waals surface area contributed by atoms with Gasteiger partial charge in [-0.05, 0) is 35.9 Å². The van der Waals surface area contributed by atoms with Gasteiger partial charge in [0, 0.05) is 29.4 Å². The van der Waals surface area contributed by atoms with Crippen molar-refractivity contribution in [3.8, 4) is 0 Å². The molecule has 0 saturated carbocycles. The van der Waals surface area contributed by atoms with Gasteiger partial charge in [0.2, 0.25) is 5.91 Å². The number of anilines is 2. The first-order chi connectivity index (χ1) is 12.4. The molecule has 134 valence electrons. The van der Waals surface area contributed by atoms with Crippen LogP contribution in [0.2, 0.25) is 5.02 Å². The zero-order valence-corrected chi connectivity index (χ0v) is 14.7. The molecule has 0 aromatic heterocycles. The molecule has 0 fully saturated rings. The lowest BCUT2D eigenvalue weighted by Gasteiger charge is -2.08. The third-order valence-corrected chi connectivity index (χ3v) is 3.46. The maximum Gasteiger partial charge on any atom is 0.331 e. The van der Waals surface area contributed by atoms with Gasteiger partial charge in [0.05, 0.1) is 0 Å². The minimum atomic E-state index is -0.660. The molecular weight excluding hydrogens is 356 g/mol. The highest BCUT2D eigenvalue weighted by Gasteiger charge is 2.07. The molecule has 26 heavy (non-hydrogen) atoms. The molecule has 2 N–H and O–H groups in total. The van der Waals surface area contributed by atoms with Gasteiger partial charge in [-0.1, -0.05) is 35.9 Å². The van der Waals surface area contributed by atoms with Crippen molar-refractivity contribution in [1.29, 1.82) is 0 Å². The number of ether oxygens (including phenoxy) is 1. The molecule has 0 heterocycles. The van der Waals surface area contributed by atoms with E-state index in [2.05, 4.69) is 10.6 Å². The number of esters is 1. The van der Waals surface area contributed by atoms with E-state index in [1.165, 1.54) is 19.1 Å². The molecule has 0 unspecified atom stereocenters. The second-order valence-electron chi connectivity index (χ2n) is 5.27. The molecule has 0 radical (unpaired) electrons. The number of carbonyl (C=O) groups excluding carboxylic acids is 3. The molecular formula is C19H17ClN2O4. The summed E-state index contributed by atoms with van der Waals surface area (Å²) in [5.74, 6) is -1.37. The average molecular weight is 373 g/mol. The lowest BCUT2D eigenvalue weighted by molar-refractivity contribution is -0.142. The van der Waals surface area contributed by atoms with E-state index < -0.39 is 18.5 Å². The van der Waals surface area contributed by atoms with Crippen molar-refractivity contribution in [2.24, 2.45) is 0 Å². The smallest absolute Gasteiger partial charge is 0.331 e. The van der Waals surface area contributed by atoms with Gasteiger partial charge in [-0.3, -0.25) is 9.59 Å². The molecule has 2 amide bonds. The Balaban J connectivity index is 1.84. The summed E-state index contributed by atoms with van der Waals surface area (Å²) in [5.41, 5.74) is 1.70. The predicted molar refractivity (Wildman–Crippen MR) is 101 cm³/mol. The molecule has 0 spiro atoms. The van der Waals surface area contributed by atoms with Crippen LogP contribution in [0.4, 0.5) is 11.4 Å². The van der Waals surface area contributed by atoms with Crippen LogP contribution in [-0.2, 0) is 19.1 Å². The van der Waals surface area contributed by atoms with Gasteiger partial charge in [-0.25, -0.2) is 4.79 Å². The highest BCUT2D eigenvalue weighted by molar-refractivity contribution is 6.32. The Morgan fingerprint density at radius 3 is 2.42 bits per heavy atom. The van der Waals surface area contributed by atoms with Gasteiger partial charge in [-0.15, -0.1) is 0 Å². The van der Waals surface area contributed by atoms with Crippen LogP contribution in [0.25, 0.3) is 6.08 Å². The van der Waals surface area contributed by atoms with E-state index >= 15 is 0 Å². The van der Waals surface area contributed by atoms with Crippen molar-refractivity contribution in [1.82, 2.24) is 0 Å². The molecule has 0 aliphatic heterocycles. The Kier molecular flexibility index (Phi) is 6.93. The van der Waals surface area contributed by atoms with Crippen LogP contribution in [0, 0.1) is 0 Å². The molecule has 0 aliphatic rings. The minimum absolute atomic E-state index is 0.215. The van der Waals surface area contributed by atoms with Gasteiger partial charge in [0.1, 0.15) is 0 Å². The molecule has 7 heteroatoms. The molecule has 6 nitrogen and oxygen atoms in total. The van der Waals surface area contributed by atoms with Gasteiger partial charge in [0.25, 0.3) is 5.91 Å². The second-order valence-corrected chi connectivity index (χ2v) is 5.68. The van der Waals surface area contributed by atoms with Crippen LogP contribution in [0.3, 0.4) is 0 Å². The lowest BCUT2D eigenvalue weighted by atomic mass is 10.2. The van der Waals surface area contributed by atoms with Crippen LogP contribution < -0.4 is 10.6 Å². The fourth-order valence-electron chi connectivity index (χ4n) is 2.03. The van der Waals surface area contributed by atoms with E-state index in [0.717, 1.165) is 0 Å². The highest BCUT2D eigenvalue weighted by Crippen LogP contribution is 2.16. The normalized spacial score (nSPS) is 10.4. The van der Waals surface area contributed by atoms with E-state index in [-0.39, 0.29) is 5.91 Å². The van der Waals surface area contributed by atoms with Crippen molar-refractivity contribution in [2.45, 2.75) is 6.92 Å². The number of amides is 2. The van der Waals surface area contributed by atoms with E-state index in [0.29, 0.717) is 22.0 Å². The maximum atomic E-state index is 11.9. The molecule has 0 saturated heterocycles. The Morgan fingerprint density at radius 2 is 1.73 bits per heavy atom. The molecule has 2 aromatic carbocycles. The highest BCUT2D eigenvalue weighted by atomic mass is 35.5.